The first-order chi connectivity index (χ1) is 13.6. The molecule has 2 fully saturated rings. The molecule has 0 aromatic carbocycles. The first-order valence-corrected chi connectivity index (χ1v) is 9.80. The zero-order valence-corrected chi connectivity index (χ0v) is 16.4. The summed E-state index contributed by atoms with van der Waals surface area (Å²) in [5, 5.41) is 3.32. The maximum atomic E-state index is 5.30. The van der Waals surface area contributed by atoms with Crippen LogP contribution in [-0.4, -0.2) is 51.3 Å². The number of methoxy groups -OCH3 is 1. The van der Waals surface area contributed by atoms with E-state index in [-0.39, 0.29) is 0 Å². The van der Waals surface area contributed by atoms with Gasteiger partial charge in [-0.2, -0.15) is 4.98 Å². The third-order valence-corrected chi connectivity index (χ3v) is 5.93. The molecule has 5 rings (SSSR count). The molecule has 3 aromatic heterocycles. The molecule has 1 N–H and O–H groups in total. The minimum atomic E-state index is 0.342. The van der Waals surface area contributed by atoms with Crippen LogP contribution in [0.15, 0.2) is 30.9 Å². The summed E-state index contributed by atoms with van der Waals surface area (Å²) in [5.74, 6) is 4.44. The smallest absolute Gasteiger partial charge is 0.227 e. The topological polar surface area (TPSA) is 81.0 Å². The van der Waals surface area contributed by atoms with Gasteiger partial charge in [-0.25, -0.2) is 15.0 Å². The highest BCUT2D eigenvalue weighted by Gasteiger charge is 2.55. The Hall–Kier alpha value is -2.74. The number of rotatable bonds is 6. The van der Waals surface area contributed by atoms with Crippen LogP contribution in [0, 0.1) is 17.8 Å². The Morgan fingerprint density at radius 2 is 2.00 bits per heavy atom. The first-order valence-electron chi connectivity index (χ1n) is 9.80. The molecule has 1 saturated heterocycles. The monoisotopic (exact) mass is 379 g/mol. The lowest BCUT2D eigenvalue weighted by Crippen LogP contribution is -2.26. The van der Waals surface area contributed by atoms with Crippen molar-refractivity contribution < 1.29 is 4.74 Å². The van der Waals surface area contributed by atoms with Crippen LogP contribution in [0.4, 0.5) is 17.6 Å². The zero-order valence-electron chi connectivity index (χ0n) is 16.4. The van der Waals surface area contributed by atoms with Crippen LogP contribution in [-0.2, 0) is 4.74 Å². The van der Waals surface area contributed by atoms with Crippen molar-refractivity contribution in [2.45, 2.75) is 19.9 Å². The van der Waals surface area contributed by atoms with Crippen LogP contribution >= 0.6 is 0 Å². The average molecular weight is 379 g/mol. The largest absolute Gasteiger partial charge is 0.384 e. The molecule has 8 nitrogen and oxygen atoms in total. The van der Waals surface area contributed by atoms with Crippen LogP contribution in [0.5, 0.6) is 0 Å². The van der Waals surface area contributed by atoms with Gasteiger partial charge in [-0.15, -0.1) is 0 Å². The lowest BCUT2D eigenvalue weighted by Gasteiger charge is -2.20. The molecule has 0 unspecified atom stereocenters. The molecular weight excluding hydrogens is 354 g/mol. The number of nitrogens with zero attached hydrogens (tertiary/aromatic N) is 6. The number of piperidine rings is 1. The Kier molecular flexibility index (Phi) is 4.16. The maximum absolute atomic E-state index is 5.30. The highest BCUT2D eigenvalue weighted by atomic mass is 16.5. The van der Waals surface area contributed by atoms with Gasteiger partial charge < -0.3 is 19.5 Å². The molecular formula is C20H25N7O. The zero-order chi connectivity index (χ0) is 19.3. The van der Waals surface area contributed by atoms with E-state index in [2.05, 4.69) is 43.6 Å². The van der Waals surface area contributed by atoms with Crippen molar-refractivity contribution in [2.24, 2.45) is 17.8 Å². The summed E-state index contributed by atoms with van der Waals surface area (Å²) >= 11 is 0. The Balaban J connectivity index is 1.32. The summed E-state index contributed by atoms with van der Waals surface area (Å²) in [5.41, 5.74) is 1.95. The number of aromatic nitrogens is 5. The van der Waals surface area contributed by atoms with E-state index in [1.54, 1.807) is 19.5 Å². The number of fused-ring (bicyclic) bond motifs is 2. The molecule has 8 heteroatoms. The second-order valence-electron chi connectivity index (χ2n) is 8.02. The molecule has 1 aliphatic carbocycles. The molecule has 0 bridgehead atoms. The molecule has 3 atom stereocenters. The Morgan fingerprint density at radius 3 is 2.75 bits per heavy atom. The summed E-state index contributed by atoms with van der Waals surface area (Å²) in [6.45, 7) is 7.18. The van der Waals surface area contributed by atoms with E-state index in [0.29, 0.717) is 12.0 Å². The van der Waals surface area contributed by atoms with Crippen LogP contribution < -0.4 is 10.2 Å². The highest BCUT2D eigenvalue weighted by Crippen LogP contribution is 2.52. The van der Waals surface area contributed by atoms with Gasteiger partial charge in [0, 0.05) is 45.1 Å². The molecule has 4 heterocycles. The van der Waals surface area contributed by atoms with Gasteiger partial charge in [-0.1, -0.05) is 0 Å². The number of imidazole rings is 1. The normalized spacial score (nSPS) is 23.4. The van der Waals surface area contributed by atoms with Crippen LogP contribution in [0.2, 0.25) is 0 Å². The van der Waals surface area contributed by atoms with Crippen LogP contribution in [0.1, 0.15) is 19.9 Å². The summed E-state index contributed by atoms with van der Waals surface area (Å²) in [6.07, 6.45) is 5.46. The second-order valence-corrected chi connectivity index (χ2v) is 8.02. The van der Waals surface area contributed by atoms with Crippen molar-refractivity contribution in [2.75, 3.05) is 37.0 Å². The van der Waals surface area contributed by atoms with Gasteiger partial charge in [0.15, 0.2) is 0 Å². The predicted octanol–water partition coefficient (Wildman–Crippen LogP) is 2.87. The number of ether oxygens (including phenoxy) is 1. The van der Waals surface area contributed by atoms with E-state index in [1.807, 2.05) is 18.5 Å². The minimum absolute atomic E-state index is 0.342. The lowest BCUT2D eigenvalue weighted by molar-refractivity contribution is 0.176. The first kappa shape index (κ1) is 17.4. The van der Waals surface area contributed by atoms with Crippen molar-refractivity contribution in [3.05, 3.63) is 30.9 Å². The number of hydrogen-bond donors (Lipinski definition) is 1. The lowest BCUT2D eigenvalue weighted by atomic mass is 10.3. The standard InChI is InChI=1S/C20H25N7O/c1-12(2)27-11-23-16-7-22-19(6-17(16)27)24-18-4-5-21-20(25-18)26-8-13-14(9-26)15(13)10-28-3/h4-7,11-15H,8-10H2,1-3H3,(H,21,22,24,25)/t13-,14+,15-. The SMILES string of the molecule is COC[C@H]1[C@H]2CN(c3nccc(Nc4cc5c(cn4)ncn5C(C)C)n3)C[C@@H]12. The maximum Gasteiger partial charge on any atom is 0.227 e. The van der Waals surface area contributed by atoms with Crippen molar-refractivity contribution in [1.29, 1.82) is 0 Å². The van der Waals surface area contributed by atoms with E-state index in [4.69, 9.17) is 9.72 Å². The van der Waals surface area contributed by atoms with Gasteiger partial charge in [-0.05, 0) is 37.7 Å². The fourth-order valence-electron chi connectivity index (χ4n) is 4.36. The van der Waals surface area contributed by atoms with Gasteiger partial charge in [0.2, 0.25) is 5.95 Å². The number of anilines is 3. The molecule has 3 aromatic rings. The van der Waals surface area contributed by atoms with E-state index < -0.39 is 0 Å². The fourth-order valence-corrected chi connectivity index (χ4v) is 4.36. The summed E-state index contributed by atoms with van der Waals surface area (Å²) in [7, 11) is 1.78. The quantitative estimate of drug-likeness (QED) is 0.705. The summed E-state index contributed by atoms with van der Waals surface area (Å²) in [4.78, 5) is 20.4. The van der Waals surface area contributed by atoms with Gasteiger partial charge in [-0.3, -0.25) is 0 Å². The van der Waals surface area contributed by atoms with Crippen molar-refractivity contribution in [3.8, 4) is 0 Å². The van der Waals surface area contributed by atoms with Gasteiger partial charge in [0.25, 0.3) is 0 Å². The van der Waals surface area contributed by atoms with Crippen molar-refractivity contribution in [3.63, 3.8) is 0 Å². The van der Waals surface area contributed by atoms with E-state index >= 15 is 0 Å². The Labute approximate surface area is 164 Å². The van der Waals surface area contributed by atoms with Gasteiger partial charge >= 0.3 is 0 Å². The summed E-state index contributed by atoms with van der Waals surface area (Å²) < 4.78 is 7.44. The van der Waals surface area contributed by atoms with Crippen molar-refractivity contribution in [1.82, 2.24) is 24.5 Å². The molecule has 1 saturated carbocycles. The van der Waals surface area contributed by atoms with E-state index in [9.17, 15) is 0 Å². The minimum Gasteiger partial charge on any atom is -0.384 e. The van der Waals surface area contributed by atoms with Gasteiger partial charge in [0.05, 0.1) is 18.0 Å². The molecule has 146 valence electrons. The number of pyridine rings is 1. The second kappa shape index (κ2) is 6.70. The number of hydrogen-bond acceptors (Lipinski definition) is 7. The van der Waals surface area contributed by atoms with E-state index in [0.717, 1.165) is 60.1 Å². The van der Waals surface area contributed by atoms with Crippen LogP contribution in [0.3, 0.4) is 0 Å². The van der Waals surface area contributed by atoms with Crippen molar-refractivity contribution >= 4 is 28.6 Å². The molecule has 0 radical (unpaired) electrons. The average Bonchev–Trinajstić information content (AvgIpc) is 3.04. The molecule has 1 aliphatic heterocycles. The molecule has 28 heavy (non-hydrogen) atoms. The predicted molar refractivity (Wildman–Crippen MR) is 108 cm³/mol. The molecule has 0 spiro atoms. The third kappa shape index (κ3) is 2.97. The Morgan fingerprint density at radius 1 is 1.18 bits per heavy atom. The highest BCUT2D eigenvalue weighted by molar-refractivity contribution is 5.78. The fraction of sp³-hybridized carbons (Fsp3) is 0.500. The van der Waals surface area contributed by atoms with E-state index in [1.165, 1.54) is 0 Å². The van der Waals surface area contributed by atoms with Crippen LogP contribution in [0.25, 0.3) is 11.0 Å². The van der Waals surface area contributed by atoms with Gasteiger partial charge in [0.1, 0.15) is 17.2 Å². The molecule has 2 aliphatic rings. The summed E-state index contributed by atoms with van der Waals surface area (Å²) in [6, 6.07) is 4.24. The molecule has 0 amide bonds. The third-order valence-electron chi connectivity index (χ3n) is 5.93. The Bertz CT molecular complexity index is 989. The number of nitrogens with one attached hydrogen (secondary N) is 1.